The molecular formula is C20H21S-. The van der Waals surface area contributed by atoms with E-state index in [0.29, 0.717) is 5.92 Å². The molecule has 0 spiro atoms. The third kappa shape index (κ3) is 2.71. The average molecular weight is 293 g/mol. The van der Waals surface area contributed by atoms with E-state index in [1.165, 1.54) is 37.6 Å². The topological polar surface area (TPSA) is 0 Å². The average Bonchev–Trinajstić information content (AvgIpc) is 2.98. The lowest BCUT2D eigenvalue weighted by Gasteiger charge is -2.08. The van der Waals surface area contributed by atoms with E-state index in [-0.39, 0.29) is 0 Å². The molecule has 1 aliphatic rings. The van der Waals surface area contributed by atoms with E-state index in [1.807, 2.05) is 0 Å². The molecule has 1 heterocycles. The fourth-order valence-corrected chi connectivity index (χ4v) is 3.55. The summed E-state index contributed by atoms with van der Waals surface area (Å²) >= 11 is 1.79. The molecule has 21 heavy (non-hydrogen) atoms. The van der Waals surface area contributed by atoms with Crippen LogP contribution in [0.25, 0.3) is 17.7 Å². The van der Waals surface area contributed by atoms with Gasteiger partial charge in [0.1, 0.15) is 0 Å². The van der Waals surface area contributed by atoms with Crippen LogP contribution in [-0.4, -0.2) is 0 Å². The molecule has 108 valence electrons. The predicted molar refractivity (Wildman–Crippen MR) is 94.9 cm³/mol. The highest BCUT2D eigenvalue weighted by molar-refractivity contribution is 7.10. The van der Waals surface area contributed by atoms with E-state index in [4.69, 9.17) is 0 Å². The second-order valence-corrected chi connectivity index (χ2v) is 7.03. The Labute approximate surface area is 130 Å². The van der Waals surface area contributed by atoms with Crippen molar-refractivity contribution < 1.29 is 0 Å². The lowest BCUT2D eigenvalue weighted by atomic mass is 10.0. The molecule has 0 unspecified atom stereocenters. The highest BCUT2D eigenvalue weighted by Gasteiger charge is 2.03. The van der Waals surface area contributed by atoms with Crippen molar-refractivity contribution in [1.29, 1.82) is 0 Å². The molecule has 0 nitrogen and oxygen atoms in total. The van der Waals surface area contributed by atoms with E-state index in [1.54, 1.807) is 11.3 Å². The highest BCUT2D eigenvalue weighted by atomic mass is 32.1. The molecule has 0 fully saturated rings. The largest absolute Gasteiger partial charge is 0.217 e. The normalized spacial score (nSPS) is 15.4. The van der Waals surface area contributed by atoms with Gasteiger partial charge in [-0.05, 0) is 12.8 Å². The molecular weight excluding hydrogens is 272 g/mol. The van der Waals surface area contributed by atoms with Gasteiger partial charge in [-0.2, -0.15) is 17.4 Å². The van der Waals surface area contributed by atoms with Gasteiger partial charge in [0.15, 0.2) is 0 Å². The first-order chi connectivity index (χ1) is 10.1. The monoisotopic (exact) mass is 293 g/mol. The highest BCUT2D eigenvalue weighted by Crippen LogP contribution is 2.20. The summed E-state index contributed by atoms with van der Waals surface area (Å²) < 4.78 is 0. The molecule has 0 N–H and O–H groups in total. The molecule has 1 aromatic heterocycles. The maximum atomic E-state index is 2.37. The van der Waals surface area contributed by atoms with Crippen molar-refractivity contribution in [1.82, 2.24) is 0 Å². The summed E-state index contributed by atoms with van der Waals surface area (Å²) in [6, 6.07) is 6.61. The summed E-state index contributed by atoms with van der Waals surface area (Å²) in [7, 11) is 0. The van der Waals surface area contributed by atoms with Crippen LogP contribution in [0.1, 0.15) is 36.8 Å². The predicted octanol–water partition coefficient (Wildman–Crippen LogP) is 4.38. The van der Waals surface area contributed by atoms with Gasteiger partial charge in [-0.3, -0.25) is 0 Å². The summed E-state index contributed by atoms with van der Waals surface area (Å²) in [5, 5.41) is 4.87. The maximum absolute atomic E-state index is 2.37. The van der Waals surface area contributed by atoms with E-state index < -0.39 is 0 Å². The van der Waals surface area contributed by atoms with Crippen molar-refractivity contribution in [2.24, 2.45) is 5.92 Å². The number of hydrogen-bond donors (Lipinski definition) is 0. The van der Waals surface area contributed by atoms with Crippen LogP contribution in [0.2, 0.25) is 0 Å². The van der Waals surface area contributed by atoms with Gasteiger partial charge in [0.2, 0.25) is 0 Å². The van der Waals surface area contributed by atoms with Crippen LogP contribution in [0.3, 0.4) is 0 Å². The summed E-state index contributed by atoms with van der Waals surface area (Å²) in [5.74, 6) is 0.555. The van der Waals surface area contributed by atoms with E-state index in [0.717, 1.165) is 0 Å². The Balaban J connectivity index is 2.31. The van der Waals surface area contributed by atoms with Crippen LogP contribution in [-0.2, 0) is 0 Å². The SMILES string of the molecule is CC1=c2c(c(C)[cH-]/c2=C\[c-]2ccc[s+]2)C=C(C(C)C)C=C1. The van der Waals surface area contributed by atoms with Crippen molar-refractivity contribution in [3.63, 3.8) is 0 Å². The third-order valence-corrected chi connectivity index (χ3v) is 4.91. The number of allylic oxidation sites excluding steroid dienone is 3. The molecule has 0 aliphatic heterocycles. The zero-order valence-corrected chi connectivity index (χ0v) is 13.9. The van der Waals surface area contributed by atoms with Crippen LogP contribution in [0.15, 0.2) is 41.3 Å². The Kier molecular flexibility index (Phi) is 3.77. The molecule has 3 rings (SSSR count). The Bertz CT molecular complexity index is 821. The smallest absolute Gasteiger partial charge is 0.1000 e. The molecule has 0 amide bonds. The van der Waals surface area contributed by atoms with Crippen molar-refractivity contribution in [3.05, 3.63) is 67.7 Å². The molecule has 1 aromatic carbocycles. The van der Waals surface area contributed by atoms with Crippen molar-refractivity contribution in [2.45, 2.75) is 27.7 Å². The summed E-state index contributed by atoms with van der Waals surface area (Å²) in [4.78, 5) is 1.32. The zero-order valence-electron chi connectivity index (χ0n) is 13.1. The fourth-order valence-electron chi connectivity index (χ4n) is 2.88. The number of rotatable bonds is 2. The number of hydrogen-bond acceptors (Lipinski definition) is 0. The lowest BCUT2D eigenvalue weighted by Crippen LogP contribution is -2.23. The van der Waals surface area contributed by atoms with Crippen molar-refractivity contribution in [3.8, 4) is 0 Å². The minimum Gasteiger partial charge on any atom is -0.217 e. The molecule has 1 heteroatoms. The first kappa shape index (κ1) is 14.2. The van der Waals surface area contributed by atoms with E-state index in [9.17, 15) is 0 Å². The maximum Gasteiger partial charge on any atom is 0.1000 e. The van der Waals surface area contributed by atoms with Crippen LogP contribution in [0.5, 0.6) is 0 Å². The second-order valence-electron chi connectivity index (χ2n) is 6.05. The Morgan fingerprint density at radius 2 is 2.05 bits per heavy atom. The van der Waals surface area contributed by atoms with E-state index in [2.05, 4.69) is 75.6 Å². The van der Waals surface area contributed by atoms with Crippen LogP contribution < -0.4 is 10.4 Å². The summed E-state index contributed by atoms with van der Waals surface area (Å²) in [5.41, 5.74) is 5.52. The van der Waals surface area contributed by atoms with E-state index >= 15 is 0 Å². The van der Waals surface area contributed by atoms with Crippen LogP contribution in [0, 0.1) is 12.8 Å². The van der Waals surface area contributed by atoms with Gasteiger partial charge >= 0.3 is 0 Å². The standard InChI is InChI=1S/C20H21S/c1-13(2)16-8-7-14(3)20-17(10-15(4)19(20)12-16)11-18-6-5-9-21-18/h5-13H,1-4H3/q-1/b17-11+. The van der Waals surface area contributed by atoms with Crippen LogP contribution in [0.4, 0.5) is 0 Å². The van der Waals surface area contributed by atoms with Gasteiger partial charge in [-0.1, -0.05) is 44.6 Å². The Morgan fingerprint density at radius 3 is 2.71 bits per heavy atom. The first-order valence-electron chi connectivity index (χ1n) is 7.48. The second kappa shape index (κ2) is 5.57. The van der Waals surface area contributed by atoms with Crippen molar-refractivity contribution in [2.75, 3.05) is 0 Å². The Hall–Kier alpha value is -1.73. The molecule has 2 aromatic rings. The van der Waals surface area contributed by atoms with Gasteiger partial charge in [0, 0.05) is 0 Å². The van der Waals surface area contributed by atoms with Gasteiger partial charge in [0.05, 0.1) is 21.6 Å². The lowest BCUT2D eigenvalue weighted by molar-refractivity contribution is 0.798. The van der Waals surface area contributed by atoms with Gasteiger partial charge in [-0.15, -0.1) is 28.8 Å². The molecule has 0 saturated carbocycles. The van der Waals surface area contributed by atoms with Crippen molar-refractivity contribution >= 4 is 29.1 Å². The molecule has 1 aliphatic carbocycles. The fraction of sp³-hybridized carbons (Fsp3) is 0.250. The summed E-state index contributed by atoms with van der Waals surface area (Å²) in [6.07, 6.45) is 9.22. The van der Waals surface area contributed by atoms with Crippen LogP contribution >= 0.6 is 11.3 Å². The third-order valence-electron chi connectivity index (χ3n) is 4.09. The number of fused-ring (bicyclic) bond motifs is 1. The number of thiophene rings is 1. The quantitative estimate of drug-likeness (QED) is 0.569. The van der Waals surface area contributed by atoms with Gasteiger partial charge < -0.3 is 0 Å². The minimum absolute atomic E-state index is 0.555. The molecule has 0 atom stereocenters. The minimum atomic E-state index is 0.555. The molecule has 0 radical (unpaired) electrons. The zero-order chi connectivity index (χ0) is 15.0. The molecule has 0 saturated heterocycles. The summed E-state index contributed by atoms with van der Waals surface area (Å²) in [6.45, 7) is 8.95. The number of aryl methyl sites for hydroxylation is 1. The first-order valence-corrected chi connectivity index (χ1v) is 8.36. The Morgan fingerprint density at radius 1 is 1.24 bits per heavy atom. The van der Waals surface area contributed by atoms with Gasteiger partial charge in [0.25, 0.3) is 0 Å². The molecule has 0 bridgehead atoms. The van der Waals surface area contributed by atoms with Gasteiger partial charge in [-0.25, -0.2) is 5.22 Å².